The van der Waals surface area contributed by atoms with Gasteiger partial charge in [-0.2, -0.15) is 0 Å². The fraction of sp³-hybridized carbons (Fsp3) is 0.300. The van der Waals surface area contributed by atoms with Crippen molar-refractivity contribution in [3.05, 3.63) is 24.0 Å². The fourth-order valence-electron chi connectivity index (χ4n) is 0.940. The fourth-order valence-corrected chi connectivity index (χ4v) is 0.940. The van der Waals surface area contributed by atoms with Gasteiger partial charge in [-0.25, -0.2) is 4.79 Å². The molecule has 1 aromatic rings. The van der Waals surface area contributed by atoms with Crippen LogP contribution in [0.15, 0.2) is 18.5 Å². The Balaban J connectivity index is 2.74. The highest BCUT2D eigenvalue weighted by Gasteiger charge is 2.12. The summed E-state index contributed by atoms with van der Waals surface area (Å²) in [5.41, 5.74) is -0.0124. The first-order valence-electron chi connectivity index (χ1n) is 4.52. The largest absolute Gasteiger partial charge is 0.481 e. The molecule has 1 aromatic heterocycles. The van der Waals surface area contributed by atoms with Crippen molar-refractivity contribution in [3.63, 3.8) is 0 Å². The minimum Gasteiger partial charge on any atom is -0.481 e. The molecule has 1 rings (SSSR count). The minimum atomic E-state index is -1.12. The van der Waals surface area contributed by atoms with Crippen LogP contribution in [0.3, 0.4) is 0 Å². The molecule has 0 bridgehead atoms. The van der Waals surface area contributed by atoms with Crippen LogP contribution in [0.2, 0.25) is 0 Å². The Bertz CT molecular complexity index is 404. The molecule has 0 atom stereocenters. The predicted octanol–water partition coefficient (Wildman–Crippen LogP) is 0.247. The number of aromatic nitrogens is 1. The van der Waals surface area contributed by atoms with Crippen LogP contribution in [0.1, 0.15) is 10.4 Å². The molecule has 1 N–H and O–H groups in total. The molecule has 0 saturated carbocycles. The summed E-state index contributed by atoms with van der Waals surface area (Å²) < 4.78 is 5.09. The lowest BCUT2D eigenvalue weighted by molar-refractivity contribution is -0.130. The van der Waals surface area contributed by atoms with E-state index in [1.165, 1.54) is 23.4 Å². The molecule has 0 aliphatic carbocycles. The van der Waals surface area contributed by atoms with Crippen LogP contribution in [0.4, 0.5) is 0 Å². The van der Waals surface area contributed by atoms with E-state index in [-0.39, 0.29) is 23.8 Å². The number of carbonyl (C=O) groups is 2. The summed E-state index contributed by atoms with van der Waals surface area (Å²) in [6, 6.07) is 1.32. The molecule has 86 valence electrons. The second-order valence-corrected chi connectivity index (χ2v) is 3.25. The summed E-state index contributed by atoms with van der Waals surface area (Å²) in [6.07, 6.45) is 2.62. The molecule has 0 aliphatic heterocycles. The van der Waals surface area contributed by atoms with E-state index in [0.717, 1.165) is 0 Å². The number of carboxylic acids is 1. The SMILES string of the molecule is CN(C)C(=O)COc1cnccc1C(=O)O. The minimum absolute atomic E-state index is 0.0124. The first-order chi connectivity index (χ1) is 7.52. The third-order valence-electron chi connectivity index (χ3n) is 1.86. The zero-order valence-electron chi connectivity index (χ0n) is 9.01. The van der Waals surface area contributed by atoms with Crippen molar-refractivity contribution in [1.29, 1.82) is 0 Å². The average molecular weight is 224 g/mol. The molecule has 1 amide bonds. The van der Waals surface area contributed by atoms with Gasteiger partial charge in [0.1, 0.15) is 5.56 Å². The average Bonchev–Trinajstić information content (AvgIpc) is 2.25. The van der Waals surface area contributed by atoms with Gasteiger partial charge in [-0.1, -0.05) is 0 Å². The van der Waals surface area contributed by atoms with Gasteiger partial charge in [0.05, 0.1) is 6.20 Å². The highest BCUT2D eigenvalue weighted by Crippen LogP contribution is 2.15. The number of hydrogen-bond donors (Lipinski definition) is 1. The van der Waals surface area contributed by atoms with E-state index in [1.54, 1.807) is 14.1 Å². The van der Waals surface area contributed by atoms with Gasteiger partial charge in [-0.3, -0.25) is 9.78 Å². The smallest absolute Gasteiger partial charge is 0.339 e. The van der Waals surface area contributed by atoms with Crippen molar-refractivity contribution in [3.8, 4) is 5.75 Å². The van der Waals surface area contributed by atoms with Crippen molar-refractivity contribution < 1.29 is 19.4 Å². The van der Waals surface area contributed by atoms with E-state index in [9.17, 15) is 9.59 Å². The van der Waals surface area contributed by atoms with E-state index < -0.39 is 5.97 Å². The van der Waals surface area contributed by atoms with Gasteiger partial charge in [0.2, 0.25) is 0 Å². The van der Waals surface area contributed by atoms with Gasteiger partial charge < -0.3 is 14.7 Å². The molecule has 16 heavy (non-hydrogen) atoms. The number of ether oxygens (including phenoxy) is 1. The summed E-state index contributed by atoms with van der Waals surface area (Å²) in [6.45, 7) is -0.209. The van der Waals surface area contributed by atoms with E-state index in [4.69, 9.17) is 9.84 Å². The maximum atomic E-state index is 11.2. The quantitative estimate of drug-likeness (QED) is 0.792. The summed E-state index contributed by atoms with van der Waals surface area (Å²) in [5.74, 6) is -1.28. The van der Waals surface area contributed by atoms with Crippen LogP contribution in [-0.2, 0) is 4.79 Å². The molecule has 6 heteroatoms. The molecular weight excluding hydrogens is 212 g/mol. The van der Waals surface area contributed by atoms with Crippen molar-refractivity contribution in [2.24, 2.45) is 0 Å². The van der Waals surface area contributed by atoms with Crippen LogP contribution < -0.4 is 4.74 Å². The molecule has 0 aromatic carbocycles. The lowest BCUT2D eigenvalue weighted by Crippen LogP contribution is -2.27. The standard InChI is InChI=1S/C10H12N2O4/c1-12(2)9(13)6-16-8-5-11-4-3-7(8)10(14)15/h3-5H,6H2,1-2H3,(H,14,15). The Morgan fingerprint density at radius 3 is 2.75 bits per heavy atom. The number of amides is 1. The van der Waals surface area contributed by atoms with Crippen molar-refractivity contribution >= 4 is 11.9 Å². The lowest BCUT2D eigenvalue weighted by atomic mass is 10.2. The molecule has 0 spiro atoms. The van der Waals surface area contributed by atoms with Gasteiger partial charge in [-0.05, 0) is 6.07 Å². The lowest BCUT2D eigenvalue weighted by Gasteiger charge is -2.12. The van der Waals surface area contributed by atoms with Gasteiger partial charge in [0.25, 0.3) is 5.91 Å². The molecule has 6 nitrogen and oxygen atoms in total. The number of hydrogen-bond acceptors (Lipinski definition) is 4. The Morgan fingerprint density at radius 2 is 2.19 bits per heavy atom. The summed E-state index contributed by atoms with van der Waals surface area (Å²) >= 11 is 0. The highest BCUT2D eigenvalue weighted by atomic mass is 16.5. The van der Waals surface area contributed by atoms with E-state index in [2.05, 4.69) is 4.98 Å². The van der Waals surface area contributed by atoms with E-state index >= 15 is 0 Å². The van der Waals surface area contributed by atoms with Gasteiger partial charge in [0.15, 0.2) is 12.4 Å². The number of nitrogens with zero attached hydrogens (tertiary/aromatic N) is 2. The Hall–Kier alpha value is -2.11. The molecule has 0 aliphatic rings. The number of likely N-dealkylation sites (N-methyl/N-ethyl adjacent to an activating group) is 1. The van der Waals surface area contributed by atoms with Crippen LogP contribution in [0.5, 0.6) is 5.75 Å². The second-order valence-electron chi connectivity index (χ2n) is 3.25. The highest BCUT2D eigenvalue weighted by molar-refractivity contribution is 5.90. The predicted molar refractivity (Wildman–Crippen MR) is 55.4 cm³/mol. The molecule has 1 heterocycles. The van der Waals surface area contributed by atoms with Gasteiger partial charge >= 0.3 is 5.97 Å². The molecule has 0 unspecified atom stereocenters. The van der Waals surface area contributed by atoms with Crippen molar-refractivity contribution in [2.45, 2.75) is 0 Å². The maximum absolute atomic E-state index is 11.2. The first-order valence-corrected chi connectivity index (χ1v) is 4.52. The van der Waals surface area contributed by atoms with Crippen LogP contribution in [0.25, 0.3) is 0 Å². The topological polar surface area (TPSA) is 79.7 Å². The third-order valence-corrected chi connectivity index (χ3v) is 1.86. The Morgan fingerprint density at radius 1 is 1.50 bits per heavy atom. The van der Waals surface area contributed by atoms with Crippen molar-refractivity contribution in [1.82, 2.24) is 9.88 Å². The van der Waals surface area contributed by atoms with Gasteiger partial charge in [-0.15, -0.1) is 0 Å². The molecular formula is C10H12N2O4. The number of rotatable bonds is 4. The summed E-state index contributed by atoms with van der Waals surface area (Å²) in [5, 5.41) is 8.84. The zero-order valence-corrected chi connectivity index (χ0v) is 9.01. The number of carbonyl (C=O) groups excluding carboxylic acids is 1. The summed E-state index contributed by atoms with van der Waals surface area (Å²) in [4.78, 5) is 27.1. The van der Waals surface area contributed by atoms with Crippen LogP contribution in [0, 0.1) is 0 Å². The van der Waals surface area contributed by atoms with Gasteiger partial charge in [0, 0.05) is 20.3 Å². The molecule has 0 saturated heterocycles. The number of pyridine rings is 1. The Kier molecular flexibility index (Phi) is 3.82. The van der Waals surface area contributed by atoms with Crippen molar-refractivity contribution in [2.75, 3.05) is 20.7 Å². The normalized spacial score (nSPS) is 9.62. The maximum Gasteiger partial charge on any atom is 0.339 e. The number of carboxylic acid groups (broad SMARTS) is 1. The number of aromatic carboxylic acids is 1. The van der Waals surface area contributed by atoms with Crippen LogP contribution in [-0.4, -0.2) is 47.6 Å². The van der Waals surface area contributed by atoms with E-state index in [1.807, 2.05) is 0 Å². The Labute approximate surface area is 92.5 Å². The molecule has 0 fully saturated rings. The first kappa shape index (κ1) is 12.0. The zero-order chi connectivity index (χ0) is 12.1. The second kappa shape index (κ2) is 5.11. The third kappa shape index (κ3) is 2.94. The van der Waals surface area contributed by atoms with Crippen LogP contribution >= 0.6 is 0 Å². The van der Waals surface area contributed by atoms with E-state index in [0.29, 0.717) is 0 Å². The monoisotopic (exact) mass is 224 g/mol. The summed E-state index contributed by atoms with van der Waals surface area (Å²) in [7, 11) is 3.18. The molecule has 0 radical (unpaired) electrons.